The van der Waals surface area contributed by atoms with Gasteiger partial charge in [0.25, 0.3) is 5.91 Å². The summed E-state index contributed by atoms with van der Waals surface area (Å²) in [6, 6.07) is 12.3. The van der Waals surface area contributed by atoms with Crippen LogP contribution in [0.3, 0.4) is 0 Å². The van der Waals surface area contributed by atoms with E-state index in [1.807, 2.05) is 24.1 Å². The van der Waals surface area contributed by atoms with E-state index in [0.717, 1.165) is 17.1 Å². The highest BCUT2D eigenvalue weighted by Crippen LogP contribution is 2.29. The zero-order chi connectivity index (χ0) is 24.4. The number of amides is 1. The van der Waals surface area contributed by atoms with Gasteiger partial charge in [0.2, 0.25) is 6.19 Å². The molecule has 0 aliphatic carbocycles. The number of nitrogens with zero attached hydrogens (tertiary/aromatic N) is 6. The van der Waals surface area contributed by atoms with Crippen LogP contribution in [0.25, 0.3) is 0 Å². The van der Waals surface area contributed by atoms with Gasteiger partial charge >= 0.3 is 0 Å². The molecule has 33 heavy (non-hydrogen) atoms. The third-order valence-electron chi connectivity index (χ3n) is 4.07. The number of aliphatic imine (C=N–C) groups is 1. The normalized spacial score (nSPS) is 10.3. The molecule has 0 fully saturated rings. The summed E-state index contributed by atoms with van der Waals surface area (Å²) in [5.41, 5.74) is 1.82. The fourth-order valence-electron chi connectivity index (χ4n) is 2.32. The number of carbonyl (C=O) groups is 1. The van der Waals surface area contributed by atoms with Crippen LogP contribution >= 0.6 is 46.3 Å². The van der Waals surface area contributed by atoms with Crippen molar-refractivity contribution in [3.8, 4) is 12.3 Å². The Bertz CT molecular complexity index is 1230. The Kier molecular flexibility index (Phi) is 10.0. The highest BCUT2D eigenvalue weighted by Gasteiger charge is 2.18. The Hall–Kier alpha value is -3.21. The first-order chi connectivity index (χ1) is 15.8. The summed E-state index contributed by atoms with van der Waals surface area (Å²) in [5.74, 6) is 0.236. The quantitative estimate of drug-likeness (QED) is 0.206. The van der Waals surface area contributed by atoms with E-state index in [1.54, 1.807) is 49.6 Å². The van der Waals surface area contributed by atoms with Crippen molar-refractivity contribution in [3.05, 3.63) is 73.9 Å². The Morgan fingerprint density at radius 1 is 1.21 bits per heavy atom. The molecular weight excluding hydrogens is 505 g/mol. The molecule has 0 atom stereocenters. The molecule has 168 valence electrons. The van der Waals surface area contributed by atoms with E-state index in [0.29, 0.717) is 28.8 Å². The van der Waals surface area contributed by atoms with Gasteiger partial charge in [-0.25, -0.2) is 4.98 Å². The highest BCUT2D eigenvalue weighted by atomic mass is 35.5. The second kappa shape index (κ2) is 12.7. The summed E-state index contributed by atoms with van der Waals surface area (Å²) in [6.45, 7) is 2.44. The lowest BCUT2D eigenvalue weighted by molar-refractivity contribution is 0.103. The van der Waals surface area contributed by atoms with Crippen LogP contribution < -0.4 is 5.32 Å². The van der Waals surface area contributed by atoms with E-state index in [-0.39, 0.29) is 15.1 Å². The summed E-state index contributed by atoms with van der Waals surface area (Å²) in [6.07, 6.45) is 3.46. The molecule has 12 heteroatoms. The molecular formula is C21H16Cl3N7OS. The van der Waals surface area contributed by atoms with Crippen LogP contribution in [0.2, 0.25) is 15.3 Å². The number of para-hydroxylation sites is 1. The van der Waals surface area contributed by atoms with Crippen molar-refractivity contribution >= 4 is 63.8 Å². The second-order valence-electron chi connectivity index (χ2n) is 6.33. The van der Waals surface area contributed by atoms with Crippen molar-refractivity contribution in [3.63, 3.8) is 0 Å². The molecule has 0 aliphatic heterocycles. The highest BCUT2D eigenvalue weighted by molar-refractivity contribution is 7.09. The largest absolute Gasteiger partial charge is 0.358 e. The third-order valence-corrected chi connectivity index (χ3v) is 6.09. The molecule has 1 aromatic carbocycles. The number of benzene rings is 1. The van der Waals surface area contributed by atoms with Crippen molar-refractivity contribution in [2.75, 3.05) is 12.4 Å². The topological polar surface area (TPSA) is 118 Å². The lowest BCUT2D eigenvalue weighted by atomic mass is 10.2. The fraction of sp³-hybridized carbons (Fsp3) is 0.143. The molecule has 0 aliphatic rings. The van der Waals surface area contributed by atoms with Gasteiger partial charge in [-0.05, 0) is 42.2 Å². The number of hydrogen-bond acceptors (Lipinski definition) is 7. The van der Waals surface area contributed by atoms with Crippen LogP contribution in [-0.2, 0) is 6.54 Å². The van der Waals surface area contributed by atoms with E-state index in [9.17, 15) is 4.79 Å². The predicted molar refractivity (Wildman–Crippen MR) is 131 cm³/mol. The minimum atomic E-state index is -0.438. The average Bonchev–Trinajstić information content (AvgIpc) is 3.14. The van der Waals surface area contributed by atoms with Gasteiger partial charge in [-0.15, -0.1) is 0 Å². The van der Waals surface area contributed by atoms with Gasteiger partial charge in [-0.3, -0.25) is 4.79 Å². The molecule has 8 nitrogen and oxygen atoms in total. The van der Waals surface area contributed by atoms with Crippen molar-refractivity contribution < 1.29 is 4.79 Å². The third kappa shape index (κ3) is 7.70. The first-order valence-corrected chi connectivity index (χ1v) is 11.0. The number of halogens is 3. The van der Waals surface area contributed by atoms with Crippen molar-refractivity contribution in [1.29, 1.82) is 10.5 Å². The van der Waals surface area contributed by atoms with Gasteiger partial charge in [0, 0.05) is 19.8 Å². The molecule has 0 radical (unpaired) electrons. The van der Waals surface area contributed by atoms with E-state index < -0.39 is 5.91 Å². The van der Waals surface area contributed by atoms with Crippen LogP contribution in [0, 0.1) is 22.8 Å². The number of anilines is 1. The number of pyridine rings is 1. The first-order valence-electron chi connectivity index (χ1n) is 9.12. The summed E-state index contributed by atoms with van der Waals surface area (Å²) in [7, 11) is 1.87. The Morgan fingerprint density at radius 3 is 2.52 bits per heavy atom. The molecule has 0 spiro atoms. The molecule has 1 amide bonds. The van der Waals surface area contributed by atoms with Crippen molar-refractivity contribution in [2.24, 2.45) is 4.99 Å². The SMILES string of the molecule is CC(=NC#N)N(C)Cc1ccc(Cl)nc1.N#Cc1ccccc1NC(=O)c1snc(Cl)c1Cl. The summed E-state index contributed by atoms with van der Waals surface area (Å²) in [5, 5.41) is 20.6. The van der Waals surface area contributed by atoms with Crippen LogP contribution in [-0.4, -0.2) is 33.0 Å². The molecule has 1 N–H and O–H groups in total. The van der Waals surface area contributed by atoms with Crippen molar-refractivity contribution in [1.82, 2.24) is 14.3 Å². The van der Waals surface area contributed by atoms with Crippen LogP contribution in [0.5, 0.6) is 0 Å². The summed E-state index contributed by atoms with van der Waals surface area (Å²) in [4.78, 5) is 21.6. The number of nitrogens with one attached hydrogen (secondary N) is 1. The van der Waals surface area contributed by atoms with Crippen LogP contribution in [0.15, 0.2) is 47.6 Å². The zero-order valence-corrected chi connectivity index (χ0v) is 20.5. The Morgan fingerprint density at radius 2 is 1.94 bits per heavy atom. The molecule has 0 saturated heterocycles. The van der Waals surface area contributed by atoms with Gasteiger partial charge in [0.1, 0.15) is 27.0 Å². The van der Waals surface area contributed by atoms with E-state index in [1.165, 1.54) is 0 Å². The number of amidine groups is 1. The molecule has 3 rings (SSSR count). The van der Waals surface area contributed by atoms with Gasteiger partial charge in [0.15, 0.2) is 5.15 Å². The molecule has 0 unspecified atom stereocenters. The van der Waals surface area contributed by atoms with Gasteiger partial charge < -0.3 is 10.2 Å². The maximum absolute atomic E-state index is 11.9. The van der Waals surface area contributed by atoms with E-state index in [2.05, 4.69) is 19.7 Å². The lowest BCUT2D eigenvalue weighted by Crippen LogP contribution is -2.23. The number of aromatic nitrogens is 2. The van der Waals surface area contributed by atoms with Gasteiger partial charge in [0.05, 0.1) is 11.3 Å². The smallest absolute Gasteiger partial charge is 0.269 e. The zero-order valence-electron chi connectivity index (χ0n) is 17.4. The van der Waals surface area contributed by atoms with E-state index in [4.69, 9.17) is 45.3 Å². The second-order valence-corrected chi connectivity index (χ2v) is 8.23. The predicted octanol–water partition coefficient (Wildman–Crippen LogP) is 5.64. The molecule has 2 aromatic heterocycles. The molecule has 0 bridgehead atoms. The van der Waals surface area contributed by atoms with Gasteiger partial charge in [-0.1, -0.05) is 53.0 Å². The monoisotopic (exact) mass is 519 g/mol. The molecule has 0 saturated carbocycles. The number of hydrogen-bond donors (Lipinski definition) is 1. The number of carbonyl (C=O) groups excluding carboxylic acids is 1. The minimum absolute atomic E-state index is 0.0976. The van der Waals surface area contributed by atoms with Gasteiger partial charge in [-0.2, -0.15) is 19.9 Å². The van der Waals surface area contributed by atoms with E-state index >= 15 is 0 Å². The maximum Gasteiger partial charge on any atom is 0.269 e. The number of nitriles is 2. The Labute approximate surface area is 209 Å². The molecule has 2 heterocycles. The standard InChI is InChI=1S/C11H5Cl2N3OS.C10H11ClN4/c12-8-9(18-16-10(8)13)11(17)15-7-4-2-1-3-6(7)5-14;1-8(14-7-12)15(2)6-9-3-4-10(11)13-5-9/h1-4H,(H,15,17);3-5H,6H2,1-2H3. The lowest BCUT2D eigenvalue weighted by Gasteiger charge is -2.17. The van der Waals surface area contributed by atoms with Crippen LogP contribution in [0.4, 0.5) is 5.69 Å². The summed E-state index contributed by atoms with van der Waals surface area (Å²) >= 11 is 18.1. The minimum Gasteiger partial charge on any atom is -0.358 e. The maximum atomic E-state index is 11.9. The molecule has 3 aromatic rings. The Balaban J connectivity index is 0.000000238. The fourth-order valence-corrected chi connectivity index (χ4v) is 3.54. The number of rotatable bonds is 4. The van der Waals surface area contributed by atoms with Crippen LogP contribution in [0.1, 0.15) is 27.7 Å². The summed E-state index contributed by atoms with van der Waals surface area (Å²) < 4.78 is 3.77. The first kappa shape index (κ1) is 26.0. The van der Waals surface area contributed by atoms with Crippen molar-refractivity contribution in [2.45, 2.75) is 13.5 Å². The average molecular weight is 521 g/mol.